The summed E-state index contributed by atoms with van der Waals surface area (Å²) in [5, 5.41) is 28.5. The third-order valence-electron chi connectivity index (χ3n) is 5.84. The van der Waals surface area contributed by atoms with E-state index in [-0.39, 0.29) is 35.3 Å². The summed E-state index contributed by atoms with van der Waals surface area (Å²) in [5.41, 5.74) is -0.685. The lowest BCUT2D eigenvalue weighted by molar-refractivity contribution is -0.384. The lowest BCUT2D eigenvalue weighted by Gasteiger charge is -2.28. The third-order valence-corrected chi connectivity index (χ3v) is 6.95. The molecule has 0 saturated carbocycles. The van der Waals surface area contributed by atoms with E-state index >= 15 is 4.39 Å². The van der Waals surface area contributed by atoms with Gasteiger partial charge in [0, 0.05) is 46.5 Å². The summed E-state index contributed by atoms with van der Waals surface area (Å²) < 4.78 is 110. The van der Waals surface area contributed by atoms with Gasteiger partial charge in [0.05, 0.1) is 10.5 Å². The van der Waals surface area contributed by atoms with Crippen LogP contribution in [-0.2, 0) is 11.5 Å². The molecule has 1 aromatic carbocycles. The maximum Gasteiger partial charge on any atom is 0.460 e. The van der Waals surface area contributed by atoms with Crippen LogP contribution in [0.4, 0.5) is 40.8 Å². The highest BCUT2D eigenvalue weighted by Crippen LogP contribution is 2.52. The van der Waals surface area contributed by atoms with Gasteiger partial charge in [0.2, 0.25) is 5.91 Å². The number of carbonyl (C=O) groups is 1. The highest BCUT2D eigenvalue weighted by molar-refractivity contribution is 7.99. The zero-order valence-corrected chi connectivity index (χ0v) is 21.5. The molecular weight excluding hydrogens is 596 g/mol. The maximum atomic E-state index is 15.2. The first-order chi connectivity index (χ1) is 18.8. The molecule has 0 radical (unpaired) electrons. The van der Waals surface area contributed by atoms with Crippen LogP contribution in [0.3, 0.4) is 0 Å². The van der Waals surface area contributed by atoms with Crippen LogP contribution in [0, 0.1) is 15.9 Å². The Morgan fingerprint density at radius 1 is 1.15 bits per heavy atom. The van der Waals surface area contributed by atoms with Crippen LogP contribution in [0.15, 0.2) is 40.8 Å². The number of aromatic nitrogens is 4. The number of aliphatic hydroxyl groups excluding tert-OH is 1. The lowest BCUT2D eigenvalue weighted by Crippen LogP contribution is -2.50. The fourth-order valence-corrected chi connectivity index (χ4v) is 4.75. The summed E-state index contributed by atoms with van der Waals surface area (Å²) in [6, 6.07) is 1.06. The Morgan fingerprint density at radius 2 is 1.78 bits per heavy atom. The molecule has 0 aliphatic carbocycles. The summed E-state index contributed by atoms with van der Waals surface area (Å²) in [7, 11) is 0. The number of amides is 1. The number of non-ortho nitro benzene ring substituents is 1. The van der Waals surface area contributed by atoms with Gasteiger partial charge < -0.3 is 15.4 Å². The Bertz CT molecular complexity index is 1500. The van der Waals surface area contributed by atoms with E-state index in [1.165, 1.54) is 10.9 Å². The van der Waals surface area contributed by atoms with Crippen molar-refractivity contribution >= 4 is 23.4 Å². The van der Waals surface area contributed by atoms with Gasteiger partial charge in [-0.3, -0.25) is 19.9 Å². The number of nitro benzene ring substituents is 1. The van der Waals surface area contributed by atoms with E-state index in [4.69, 9.17) is 5.73 Å². The maximum absolute atomic E-state index is 15.2. The number of hydrogen-bond acceptors (Lipinski definition) is 8. The molecule has 0 aliphatic rings. The zero-order chi connectivity index (χ0) is 31.1. The third kappa shape index (κ3) is 5.81. The Labute approximate surface area is 228 Å². The van der Waals surface area contributed by atoms with Crippen LogP contribution in [0.2, 0.25) is 0 Å². The fraction of sp³-hybridized carbons (Fsp3) is 0.364. The molecule has 41 heavy (non-hydrogen) atoms. The van der Waals surface area contributed by atoms with Gasteiger partial charge in [0.25, 0.3) is 5.69 Å². The molecule has 0 unspecified atom stereocenters. The average Bonchev–Trinajstić information content (AvgIpc) is 3.32. The van der Waals surface area contributed by atoms with E-state index in [1.807, 2.05) is 0 Å². The Hall–Kier alpha value is -3.87. The molecule has 2 heterocycles. The molecule has 0 saturated heterocycles. The van der Waals surface area contributed by atoms with Crippen LogP contribution < -0.4 is 5.73 Å². The Kier molecular flexibility index (Phi) is 8.37. The minimum absolute atomic E-state index is 0.0190. The topological polar surface area (TPSA) is 150 Å². The van der Waals surface area contributed by atoms with Crippen molar-refractivity contribution < 1.29 is 49.9 Å². The molecule has 10 nitrogen and oxygen atoms in total. The number of benzene rings is 1. The largest absolute Gasteiger partial charge is 0.460 e. The minimum atomic E-state index is -6.70. The van der Waals surface area contributed by atoms with Crippen LogP contribution >= 0.6 is 11.8 Å². The number of hydrogen-bond donors (Lipinski definition) is 2. The molecule has 19 heteroatoms. The van der Waals surface area contributed by atoms with E-state index in [9.17, 15) is 50.7 Å². The number of carbonyl (C=O) groups excluding carboxylic acids is 1. The summed E-state index contributed by atoms with van der Waals surface area (Å²) in [5.74, 6) is -15.7. The second kappa shape index (κ2) is 10.8. The van der Waals surface area contributed by atoms with Gasteiger partial charge in [-0.05, 0) is 38.1 Å². The quantitative estimate of drug-likeness (QED) is 0.183. The van der Waals surface area contributed by atoms with Gasteiger partial charge in [0.1, 0.15) is 17.8 Å². The number of nitrogens with two attached hydrogens (primary N) is 1. The predicted molar refractivity (Wildman–Crippen MR) is 125 cm³/mol. The number of primary amides is 1. The van der Waals surface area contributed by atoms with Gasteiger partial charge in [-0.2, -0.15) is 30.7 Å². The molecule has 3 aromatic rings. The first-order valence-corrected chi connectivity index (χ1v) is 11.9. The van der Waals surface area contributed by atoms with Crippen LogP contribution in [0.1, 0.15) is 36.2 Å². The molecule has 1 amide bonds. The molecule has 0 fully saturated rings. The van der Waals surface area contributed by atoms with Gasteiger partial charge in [0.15, 0.2) is 5.16 Å². The number of pyridine rings is 1. The molecule has 222 valence electrons. The lowest BCUT2D eigenvalue weighted by atomic mass is 10.0. The number of nitrogens with zero attached hydrogens (tertiary/aromatic N) is 5. The smallest absolute Gasteiger partial charge is 0.396 e. The van der Waals surface area contributed by atoms with E-state index in [0.29, 0.717) is 17.8 Å². The second-order valence-electron chi connectivity index (χ2n) is 9.06. The van der Waals surface area contributed by atoms with Gasteiger partial charge in [-0.15, -0.1) is 10.2 Å². The molecule has 0 bridgehead atoms. The van der Waals surface area contributed by atoms with E-state index < -0.39 is 68.3 Å². The van der Waals surface area contributed by atoms with Crippen molar-refractivity contribution in [2.45, 2.75) is 53.9 Å². The zero-order valence-electron chi connectivity index (χ0n) is 20.7. The van der Waals surface area contributed by atoms with Crippen molar-refractivity contribution in [1.82, 2.24) is 19.7 Å². The van der Waals surface area contributed by atoms with Gasteiger partial charge >= 0.3 is 18.0 Å². The van der Waals surface area contributed by atoms with Crippen molar-refractivity contribution in [1.29, 1.82) is 0 Å². The van der Waals surface area contributed by atoms with Crippen LogP contribution in [0.5, 0.6) is 0 Å². The molecular formula is C22H18F8N6O4S. The van der Waals surface area contributed by atoms with Gasteiger partial charge in [-0.25, -0.2) is 4.39 Å². The SMILES string of the molecule is CC(C)(CCO)n1cnnc1Sc1c(C(N)=O)cc([N+](=O)[O-])cc1-c1ncc(C(F)(F)C(F)(F)C(F)(F)F)cc1F. The molecule has 2 aromatic heterocycles. The Balaban J connectivity index is 2.27. The predicted octanol–water partition coefficient (Wildman–Crippen LogP) is 5.04. The number of alkyl halides is 7. The average molecular weight is 614 g/mol. The summed E-state index contributed by atoms with van der Waals surface area (Å²) in [6.07, 6.45) is -5.44. The van der Waals surface area contributed by atoms with Crippen molar-refractivity contribution in [3.63, 3.8) is 0 Å². The summed E-state index contributed by atoms with van der Waals surface area (Å²) in [6.45, 7) is 3.06. The number of halogens is 8. The highest BCUT2D eigenvalue weighted by atomic mass is 32.2. The van der Waals surface area contributed by atoms with Crippen molar-refractivity contribution in [2.75, 3.05) is 6.61 Å². The van der Waals surface area contributed by atoms with Crippen molar-refractivity contribution in [3.05, 3.63) is 57.8 Å². The number of aliphatic hydroxyl groups is 1. The Morgan fingerprint density at radius 3 is 2.29 bits per heavy atom. The molecule has 0 aliphatic heterocycles. The van der Waals surface area contributed by atoms with Gasteiger partial charge in [-0.1, -0.05) is 0 Å². The van der Waals surface area contributed by atoms with E-state index in [0.717, 1.165) is 6.07 Å². The standard InChI is InChI=1S/C22H18F8N6O4S/c1-19(2,3-4-37)35-9-33-34-18(35)41-16-12(6-11(36(39)40)7-13(16)17(31)38)15-14(23)5-10(8-32-15)20(24,25)21(26,27)22(28,29)30/h5-9,37H,3-4H2,1-2H3,(H2,31,38). The summed E-state index contributed by atoms with van der Waals surface area (Å²) in [4.78, 5) is 25.7. The molecule has 3 N–H and O–H groups in total. The van der Waals surface area contributed by atoms with Crippen LogP contribution in [-0.4, -0.2) is 54.4 Å². The first-order valence-electron chi connectivity index (χ1n) is 11.1. The minimum Gasteiger partial charge on any atom is -0.396 e. The molecule has 0 atom stereocenters. The highest BCUT2D eigenvalue weighted by Gasteiger charge is 2.73. The second-order valence-corrected chi connectivity index (χ2v) is 10.0. The van der Waals surface area contributed by atoms with Crippen LogP contribution in [0.25, 0.3) is 11.3 Å². The molecule has 3 rings (SSSR count). The van der Waals surface area contributed by atoms with E-state index in [1.54, 1.807) is 13.8 Å². The normalized spacial score (nSPS) is 13.0. The van der Waals surface area contributed by atoms with Crippen molar-refractivity contribution in [2.24, 2.45) is 5.73 Å². The number of rotatable bonds is 10. The monoisotopic (exact) mass is 614 g/mol. The number of nitro groups is 1. The molecule has 0 spiro atoms. The van der Waals surface area contributed by atoms with E-state index in [2.05, 4.69) is 15.2 Å². The fourth-order valence-electron chi connectivity index (χ4n) is 3.55. The summed E-state index contributed by atoms with van der Waals surface area (Å²) >= 11 is 0.557. The first kappa shape index (κ1) is 31.7. The van der Waals surface area contributed by atoms with Crippen molar-refractivity contribution in [3.8, 4) is 11.3 Å².